The summed E-state index contributed by atoms with van der Waals surface area (Å²) in [4.78, 5) is 34.4. The van der Waals surface area contributed by atoms with Gasteiger partial charge in [0.25, 0.3) is 11.6 Å². The third-order valence-corrected chi connectivity index (χ3v) is 6.93. The predicted molar refractivity (Wildman–Crippen MR) is 104 cm³/mol. The van der Waals surface area contributed by atoms with Crippen LogP contribution in [0.25, 0.3) is 0 Å². The van der Waals surface area contributed by atoms with Gasteiger partial charge in [0, 0.05) is 23.5 Å². The fourth-order valence-corrected chi connectivity index (χ4v) is 5.52. The molecule has 1 heterocycles. The number of nitro benzene ring substituents is 1. The summed E-state index contributed by atoms with van der Waals surface area (Å²) >= 11 is 0. The number of esters is 1. The molecule has 26 heavy (non-hydrogen) atoms. The number of nitro groups is 1. The molecule has 0 aromatic heterocycles. The van der Waals surface area contributed by atoms with Crippen LogP contribution in [0.2, 0.25) is 0 Å². The zero-order valence-corrected chi connectivity index (χ0v) is 16.1. The molecule has 1 saturated heterocycles. The average Bonchev–Trinajstić information content (AvgIpc) is 3.12. The first-order chi connectivity index (χ1) is 12.5. The molecule has 1 aliphatic heterocycles. The Morgan fingerprint density at radius 2 is 2.15 bits per heavy atom. The van der Waals surface area contributed by atoms with Crippen LogP contribution in [0.4, 0.5) is 11.4 Å². The summed E-state index contributed by atoms with van der Waals surface area (Å²) in [5.41, 5.74) is -0.125. The smallest absolute Gasteiger partial charge is 0.306 e. The lowest BCUT2D eigenvalue weighted by Crippen LogP contribution is -2.30. The Bertz CT molecular complexity index is 650. The number of carbonyl (C=O) groups excluding carboxylic acids is 2. The van der Waals surface area contributed by atoms with E-state index in [1.54, 1.807) is 6.07 Å². The van der Waals surface area contributed by atoms with Crippen LogP contribution in [-0.2, 0) is 14.3 Å². The number of para-hydroxylation sites is 2. The minimum absolute atomic E-state index is 0.0809. The van der Waals surface area contributed by atoms with E-state index in [2.05, 4.69) is 5.32 Å². The van der Waals surface area contributed by atoms with Crippen molar-refractivity contribution in [2.75, 3.05) is 11.1 Å². The standard InChI is InChI=1S/C17H22N2O5S2/c1-12(17(21)18-14-7-3-4-8-15(14)19(22)23)24-16(20)9-5-2-6-13-10-11-25-26-13/h3-4,7-8,12-13H,2,5-6,9-11H2,1H3,(H,18,21)/t12-,13-/m1/s1. The van der Waals surface area contributed by atoms with Crippen molar-refractivity contribution in [3.63, 3.8) is 0 Å². The monoisotopic (exact) mass is 398 g/mol. The molecule has 0 saturated carbocycles. The molecular formula is C17H22N2O5S2. The van der Waals surface area contributed by atoms with Crippen molar-refractivity contribution in [2.24, 2.45) is 0 Å². The van der Waals surface area contributed by atoms with Gasteiger partial charge in [0.05, 0.1) is 4.92 Å². The van der Waals surface area contributed by atoms with E-state index < -0.39 is 22.9 Å². The van der Waals surface area contributed by atoms with Gasteiger partial charge >= 0.3 is 5.97 Å². The van der Waals surface area contributed by atoms with Crippen LogP contribution >= 0.6 is 21.6 Å². The largest absolute Gasteiger partial charge is 0.453 e. The summed E-state index contributed by atoms with van der Waals surface area (Å²) in [6, 6.07) is 5.83. The Morgan fingerprint density at radius 3 is 2.85 bits per heavy atom. The van der Waals surface area contributed by atoms with Crippen LogP contribution in [0.15, 0.2) is 24.3 Å². The number of hydrogen-bond donors (Lipinski definition) is 1. The lowest BCUT2D eigenvalue weighted by Gasteiger charge is -2.14. The topological polar surface area (TPSA) is 98.5 Å². The van der Waals surface area contributed by atoms with Gasteiger partial charge in [-0.1, -0.05) is 40.1 Å². The first-order valence-corrected chi connectivity index (χ1v) is 10.9. The van der Waals surface area contributed by atoms with Crippen molar-refractivity contribution in [2.45, 2.75) is 50.4 Å². The van der Waals surface area contributed by atoms with Gasteiger partial charge in [-0.25, -0.2) is 0 Å². The van der Waals surface area contributed by atoms with Crippen LogP contribution in [0, 0.1) is 10.1 Å². The molecule has 0 unspecified atom stereocenters. The van der Waals surface area contributed by atoms with Gasteiger partial charge in [-0.3, -0.25) is 19.7 Å². The van der Waals surface area contributed by atoms with Gasteiger partial charge in [0.1, 0.15) is 5.69 Å². The summed E-state index contributed by atoms with van der Waals surface area (Å²) in [6.45, 7) is 1.45. The summed E-state index contributed by atoms with van der Waals surface area (Å²) in [7, 11) is 3.82. The molecule has 0 bridgehead atoms. The van der Waals surface area contributed by atoms with Crippen LogP contribution in [0.1, 0.15) is 39.0 Å². The molecule has 1 aromatic carbocycles. The van der Waals surface area contributed by atoms with E-state index in [9.17, 15) is 19.7 Å². The van der Waals surface area contributed by atoms with Gasteiger partial charge in [0.15, 0.2) is 6.10 Å². The maximum absolute atomic E-state index is 12.1. The number of ether oxygens (including phenoxy) is 1. The fourth-order valence-electron chi connectivity index (χ4n) is 2.49. The third-order valence-electron chi connectivity index (χ3n) is 3.92. The molecule has 7 nitrogen and oxygen atoms in total. The average molecular weight is 399 g/mol. The normalized spacial score (nSPS) is 17.5. The molecule has 1 aliphatic rings. The minimum atomic E-state index is -1.01. The Balaban J connectivity index is 1.72. The molecule has 2 atom stereocenters. The molecule has 0 radical (unpaired) electrons. The van der Waals surface area contributed by atoms with Crippen molar-refractivity contribution in [1.29, 1.82) is 0 Å². The van der Waals surface area contributed by atoms with Gasteiger partial charge in [-0.15, -0.1) is 0 Å². The lowest BCUT2D eigenvalue weighted by molar-refractivity contribution is -0.383. The van der Waals surface area contributed by atoms with Crippen LogP contribution in [-0.4, -0.2) is 33.9 Å². The Labute approximate surface area is 160 Å². The van der Waals surface area contributed by atoms with Crippen LogP contribution in [0.5, 0.6) is 0 Å². The number of carbonyl (C=O) groups is 2. The number of nitrogens with zero attached hydrogens (tertiary/aromatic N) is 1. The second-order valence-corrected chi connectivity index (χ2v) is 8.76. The first kappa shape index (κ1) is 20.6. The highest BCUT2D eigenvalue weighted by atomic mass is 33.1. The first-order valence-electron chi connectivity index (χ1n) is 8.49. The molecule has 1 amide bonds. The molecule has 1 aromatic rings. The zero-order chi connectivity index (χ0) is 18.9. The third kappa shape index (κ3) is 6.53. The lowest BCUT2D eigenvalue weighted by atomic mass is 10.1. The molecule has 1 N–H and O–H groups in total. The number of rotatable bonds is 9. The number of benzene rings is 1. The van der Waals surface area contributed by atoms with Gasteiger partial charge in [-0.05, 0) is 32.3 Å². The second-order valence-electron chi connectivity index (χ2n) is 5.97. The Hall–Kier alpha value is -1.74. The summed E-state index contributed by atoms with van der Waals surface area (Å²) < 4.78 is 5.13. The zero-order valence-electron chi connectivity index (χ0n) is 14.5. The Morgan fingerprint density at radius 1 is 1.38 bits per heavy atom. The molecule has 142 valence electrons. The maximum atomic E-state index is 12.1. The highest BCUT2D eigenvalue weighted by Gasteiger charge is 2.21. The summed E-state index contributed by atoms with van der Waals surface area (Å²) in [6.07, 6.45) is 3.28. The maximum Gasteiger partial charge on any atom is 0.306 e. The molecule has 2 rings (SSSR count). The molecule has 1 fully saturated rings. The van der Waals surface area contributed by atoms with E-state index >= 15 is 0 Å². The summed E-state index contributed by atoms with van der Waals surface area (Å²) in [5.74, 6) is 0.180. The molecule has 0 spiro atoms. The summed E-state index contributed by atoms with van der Waals surface area (Å²) in [5, 5.41) is 14.1. The van der Waals surface area contributed by atoms with Crippen molar-refractivity contribution < 1.29 is 19.2 Å². The van der Waals surface area contributed by atoms with Gasteiger partial charge in [-0.2, -0.15) is 0 Å². The number of anilines is 1. The second kappa shape index (κ2) is 10.4. The quantitative estimate of drug-likeness (QED) is 0.219. The van der Waals surface area contributed by atoms with Crippen LogP contribution in [0.3, 0.4) is 0 Å². The van der Waals surface area contributed by atoms with Crippen molar-refractivity contribution in [3.8, 4) is 0 Å². The van der Waals surface area contributed by atoms with Crippen molar-refractivity contribution in [3.05, 3.63) is 34.4 Å². The van der Waals surface area contributed by atoms with E-state index in [0.29, 0.717) is 5.25 Å². The van der Waals surface area contributed by atoms with E-state index in [1.165, 1.54) is 37.3 Å². The number of unbranched alkanes of at least 4 members (excludes halogenated alkanes) is 1. The van der Waals surface area contributed by atoms with E-state index in [-0.39, 0.29) is 17.8 Å². The SMILES string of the molecule is C[C@@H](OC(=O)CCCC[C@@H]1CCSS1)C(=O)Nc1ccccc1[N+](=O)[O-]. The van der Waals surface area contributed by atoms with Crippen molar-refractivity contribution in [1.82, 2.24) is 0 Å². The number of nitrogens with one attached hydrogen (secondary N) is 1. The molecular weight excluding hydrogens is 376 g/mol. The van der Waals surface area contributed by atoms with E-state index in [4.69, 9.17) is 4.74 Å². The van der Waals surface area contributed by atoms with Gasteiger partial charge in [0.2, 0.25) is 0 Å². The highest BCUT2D eigenvalue weighted by molar-refractivity contribution is 8.77. The number of hydrogen-bond acceptors (Lipinski definition) is 7. The van der Waals surface area contributed by atoms with Crippen LogP contribution < -0.4 is 5.32 Å². The fraction of sp³-hybridized carbons (Fsp3) is 0.529. The molecule has 0 aliphatic carbocycles. The Kier molecular flexibility index (Phi) is 8.24. The van der Waals surface area contributed by atoms with Crippen molar-refractivity contribution >= 4 is 44.8 Å². The molecule has 9 heteroatoms. The van der Waals surface area contributed by atoms with Gasteiger partial charge < -0.3 is 10.1 Å². The van der Waals surface area contributed by atoms with E-state index in [1.807, 2.05) is 21.6 Å². The number of amides is 1. The highest BCUT2D eigenvalue weighted by Crippen LogP contribution is 2.39. The predicted octanol–water partition coefficient (Wildman–Crippen LogP) is 4.18. The minimum Gasteiger partial charge on any atom is -0.453 e. The van der Waals surface area contributed by atoms with E-state index in [0.717, 1.165) is 19.3 Å².